The molecule has 0 radical (unpaired) electrons. The molecule has 2 aromatic rings. The van der Waals surface area contributed by atoms with Gasteiger partial charge in [0.2, 0.25) is 5.91 Å². The van der Waals surface area contributed by atoms with Crippen LogP contribution in [0.3, 0.4) is 0 Å². The first-order valence-corrected chi connectivity index (χ1v) is 8.90. The highest BCUT2D eigenvalue weighted by Gasteiger charge is 2.20. The lowest BCUT2D eigenvalue weighted by Gasteiger charge is -2.19. The predicted octanol–water partition coefficient (Wildman–Crippen LogP) is 2.99. The van der Waals surface area contributed by atoms with Crippen LogP contribution in [0.4, 0.5) is 5.69 Å². The molecule has 0 aromatic heterocycles. The Kier molecular flexibility index (Phi) is 7.08. The van der Waals surface area contributed by atoms with Gasteiger partial charge in [-0.2, -0.15) is 0 Å². The molecule has 0 bridgehead atoms. The van der Waals surface area contributed by atoms with Crippen LogP contribution in [0.5, 0.6) is 5.75 Å². The minimum Gasteiger partial charge on any atom is -0.494 e. The SMILES string of the molecule is CCOc1cccc(C(C)NC(=O)C(C)NC(=O)c2cccc([N+](=O)[O-])c2)c1. The summed E-state index contributed by atoms with van der Waals surface area (Å²) >= 11 is 0. The fraction of sp³-hybridized carbons (Fsp3) is 0.300. The van der Waals surface area contributed by atoms with Gasteiger partial charge in [-0.25, -0.2) is 0 Å². The molecule has 0 aliphatic carbocycles. The standard InChI is InChI=1S/C20H23N3O5/c1-4-28-18-10-6-7-15(12-18)13(2)21-19(24)14(3)22-20(25)16-8-5-9-17(11-16)23(26)27/h5-14H,4H2,1-3H3,(H,21,24)(H,22,25). The maximum atomic E-state index is 12.4. The van der Waals surface area contributed by atoms with Gasteiger partial charge in [-0.1, -0.05) is 18.2 Å². The van der Waals surface area contributed by atoms with Crippen molar-refractivity contribution in [3.63, 3.8) is 0 Å². The third-order valence-electron chi connectivity index (χ3n) is 4.09. The zero-order chi connectivity index (χ0) is 20.7. The van der Waals surface area contributed by atoms with Gasteiger partial charge in [-0.05, 0) is 44.5 Å². The van der Waals surface area contributed by atoms with Gasteiger partial charge < -0.3 is 15.4 Å². The van der Waals surface area contributed by atoms with Crippen LogP contribution in [0.15, 0.2) is 48.5 Å². The molecule has 28 heavy (non-hydrogen) atoms. The number of nitrogens with one attached hydrogen (secondary N) is 2. The maximum absolute atomic E-state index is 12.4. The van der Waals surface area contributed by atoms with Gasteiger partial charge in [0.05, 0.1) is 17.6 Å². The van der Waals surface area contributed by atoms with Crippen LogP contribution in [0, 0.1) is 10.1 Å². The summed E-state index contributed by atoms with van der Waals surface area (Å²) < 4.78 is 5.46. The molecule has 0 spiro atoms. The summed E-state index contributed by atoms with van der Waals surface area (Å²) in [6, 6.07) is 11.6. The van der Waals surface area contributed by atoms with Gasteiger partial charge in [0.25, 0.3) is 11.6 Å². The molecule has 8 heteroatoms. The van der Waals surface area contributed by atoms with Gasteiger partial charge >= 0.3 is 0 Å². The summed E-state index contributed by atoms with van der Waals surface area (Å²) in [5, 5.41) is 16.2. The molecule has 2 rings (SSSR count). The second kappa shape index (κ2) is 9.50. The summed E-state index contributed by atoms with van der Waals surface area (Å²) in [5.74, 6) is -0.210. The van der Waals surface area contributed by atoms with Crippen LogP contribution in [-0.4, -0.2) is 29.4 Å². The van der Waals surface area contributed by atoms with Gasteiger partial charge in [0.1, 0.15) is 11.8 Å². The fourth-order valence-electron chi connectivity index (χ4n) is 2.57. The topological polar surface area (TPSA) is 111 Å². The number of nitrogens with zero attached hydrogens (tertiary/aromatic N) is 1. The Morgan fingerprint density at radius 3 is 2.50 bits per heavy atom. The summed E-state index contributed by atoms with van der Waals surface area (Å²) in [6.45, 7) is 5.82. The van der Waals surface area contributed by atoms with Crippen molar-refractivity contribution in [1.29, 1.82) is 0 Å². The Bertz CT molecular complexity index is 868. The quantitative estimate of drug-likeness (QED) is 0.536. The molecule has 8 nitrogen and oxygen atoms in total. The first-order valence-electron chi connectivity index (χ1n) is 8.90. The highest BCUT2D eigenvalue weighted by Crippen LogP contribution is 2.19. The van der Waals surface area contributed by atoms with Crippen molar-refractivity contribution in [2.75, 3.05) is 6.61 Å². The van der Waals surface area contributed by atoms with Crippen molar-refractivity contribution in [1.82, 2.24) is 10.6 Å². The van der Waals surface area contributed by atoms with E-state index in [4.69, 9.17) is 4.74 Å². The second-order valence-corrected chi connectivity index (χ2v) is 6.24. The van der Waals surface area contributed by atoms with E-state index >= 15 is 0 Å². The molecular weight excluding hydrogens is 362 g/mol. The van der Waals surface area contributed by atoms with E-state index in [9.17, 15) is 19.7 Å². The van der Waals surface area contributed by atoms with E-state index < -0.39 is 16.9 Å². The zero-order valence-corrected chi connectivity index (χ0v) is 16.0. The number of amides is 2. The predicted molar refractivity (Wildman–Crippen MR) is 104 cm³/mol. The number of carbonyl (C=O) groups excluding carboxylic acids is 2. The Morgan fingerprint density at radius 1 is 1.11 bits per heavy atom. The van der Waals surface area contributed by atoms with E-state index in [-0.39, 0.29) is 23.2 Å². The second-order valence-electron chi connectivity index (χ2n) is 6.24. The minimum absolute atomic E-state index is 0.117. The van der Waals surface area contributed by atoms with E-state index in [2.05, 4.69) is 10.6 Å². The van der Waals surface area contributed by atoms with Crippen LogP contribution in [-0.2, 0) is 4.79 Å². The fourth-order valence-corrected chi connectivity index (χ4v) is 2.57. The third kappa shape index (κ3) is 5.54. The molecule has 2 N–H and O–H groups in total. The van der Waals surface area contributed by atoms with Crippen molar-refractivity contribution in [3.8, 4) is 5.75 Å². The first-order chi connectivity index (χ1) is 13.3. The van der Waals surface area contributed by atoms with E-state index in [1.165, 1.54) is 24.3 Å². The number of carbonyl (C=O) groups is 2. The number of hydrogen-bond acceptors (Lipinski definition) is 5. The lowest BCUT2D eigenvalue weighted by Crippen LogP contribution is -2.45. The van der Waals surface area contributed by atoms with Crippen LogP contribution in [0.25, 0.3) is 0 Å². The molecule has 2 atom stereocenters. The summed E-state index contributed by atoms with van der Waals surface area (Å²) in [7, 11) is 0. The van der Waals surface area contributed by atoms with Crippen LogP contribution < -0.4 is 15.4 Å². The van der Waals surface area contributed by atoms with Crippen LogP contribution in [0.2, 0.25) is 0 Å². The Morgan fingerprint density at radius 2 is 1.82 bits per heavy atom. The van der Waals surface area contributed by atoms with Crippen molar-refractivity contribution < 1.29 is 19.2 Å². The van der Waals surface area contributed by atoms with E-state index in [0.29, 0.717) is 12.4 Å². The molecule has 0 heterocycles. The number of benzene rings is 2. The number of nitro benzene ring substituents is 1. The molecule has 0 aliphatic heterocycles. The van der Waals surface area contributed by atoms with E-state index in [0.717, 1.165) is 5.56 Å². The molecule has 0 saturated carbocycles. The molecule has 0 saturated heterocycles. The van der Waals surface area contributed by atoms with Gasteiger partial charge in [0.15, 0.2) is 0 Å². The van der Waals surface area contributed by atoms with Crippen molar-refractivity contribution in [2.24, 2.45) is 0 Å². The Balaban J connectivity index is 1.98. The average molecular weight is 385 g/mol. The third-order valence-corrected chi connectivity index (χ3v) is 4.09. The minimum atomic E-state index is -0.815. The van der Waals surface area contributed by atoms with Gasteiger partial charge in [0, 0.05) is 17.7 Å². The molecule has 0 fully saturated rings. The highest BCUT2D eigenvalue weighted by molar-refractivity contribution is 5.97. The Hall–Kier alpha value is -3.42. The van der Waals surface area contributed by atoms with Crippen LogP contribution >= 0.6 is 0 Å². The van der Waals surface area contributed by atoms with E-state index in [1.807, 2.05) is 38.1 Å². The summed E-state index contributed by atoms with van der Waals surface area (Å²) in [5.41, 5.74) is 0.801. The van der Waals surface area contributed by atoms with Crippen LogP contribution in [0.1, 0.15) is 42.7 Å². The molecule has 0 aliphatic rings. The van der Waals surface area contributed by atoms with Gasteiger partial charge in [-0.15, -0.1) is 0 Å². The molecule has 148 valence electrons. The average Bonchev–Trinajstić information content (AvgIpc) is 2.68. The smallest absolute Gasteiger partial charge is 0.270 e. The van der Waals surface area contributed by atoms with Gasteiger partial charge in [-0.3, -0.25) is 19.7 Å². The van der Waals surface area contributed by atoms with Crippen molar-refractivity contribution in [3.05, 3.63) is 69.8 Å². The lowest BCUT2D eigenvalue weighted by molar-refractivity contribution is -0.384. The molecule has 2 unspecified atom stereocenters. The Labute approximate surface area is 163 Å². The monoisotopic (exact) mass is 385 g/mol. The summed E-state index contributed by atoms with van der Waals surface area (Å²) in [4.78, 5) is 34.9. The lowest BCUT2D eigenvalue weighted by atomic mass is 10.1. The maximum Gasteiger partial charge on any atom is 0.270 e. The largest absolute Gasteiger partial charge is 0.494 e. The number of rotatable bonds is 8. The van der Waals surface area contributed by atoms with Crippen molar-refractivity contribution >= 4 is 17.5 Å². The highest BCUT2D eigenvalue weighted by atomic mass is 16.6. The molecule has 2 amide bonds. The van der Waals surface area contributed by atoms with E-state index in [1.54, 1.807) is 6.92 Å². The number of ether oxygens (including phenoxy) is 1. The normalized spacial score (nSPS) is 12.5. The molecular formula is C20H23N3O5. The number of hydrogen-bond donors (Lipinski definition) is 2. The summed E-state index contributed by atoms with van der Waals surface area (Å²) in [6.07, 6.45) is 0. The van der Waals surface area contributed by atoms with Crippen molar-refractivity contribution in [2.45, 2.75) is 32.9 Å². The number of non-ortho nitro benzene ring substituents is 1. The molecule has 2 aromatic carbocycles. The number of nitro groups is 1. The zero-order valence-electron chi connectivity index (χ0n) is 16.0. The first kappa shape index (κ1) is 20.9.